The number of amides is 2. The van der Waals surface area contributed by atoms with Gasteiger partial charge in [-0.25, -0.2) is 5.43 Å². The molecule has 0 spiro atoms. The van der Waals surface area contributed by atoms with Crippen LogP contribution in [0.2, 0.25) is 0 Å². The number of piperazine rings is 1. The van der Waals surface area contributed by atoms with Crippen molar-refractivity contribution >= 4 is 11.8 Å². The van der Waals surface area contributed by atoms with E-state index < -0.39 is 0 Å². The molecule has 6 nitrogen and oxygen atoms in total. The van der Waals surface area contributed by atoms with Crippen molar-refractivity contribution in [3.8, 4) is 0 Å². The molecule has 2 aliphatic rings. The Morgan fingerprint density at radius 2 is 1.70 bits per heavy atom. The first-order valence-corrected chi connectivity index (χ1v) is 8.25. The summed E-state index contributed by atoms with van der Waals surface area (Å²) in [5.74, 6) is 0.273. The second-order valence-corrected chi connectivity index (χ2v) is 6.35. The first-order chi connectivity index (χ1) is 11.1. The smallest absolute Gasteiger partial charge is 0.241 e. The van der Waals surface area contributed by atoms with Crippen LogP contribution in [0, 0.1) is 0 Å². The predicted molar refractivity (Wildman–Crippen MR) is 87.4 cm³/mol. The third-order valence-electron chi connectivity index (χ3n) is 4.53. The Bertz CT molecular complexity index is 555. The second-order valence-electron chi connectivity index (χ2n) is 6.35. The zero-order valence-electron chi connectivity index (χ0n) is 13.5. The van der Waals surface area contributed by atoms with Gasteiger partial charge in [0.05, 0.1) is 6.42 Å². The largest absolute Gasteiger partial charge is 0.339 e. The molecule has 23 heavy (non-hydrogen) atoms. The van der Waals surface area contributed by atoms with E-state index >= 15 is 0 Å². The molecule has 6 heteroatoms. The van der Waals surface area contributed by atoms with Crippen molar-refractivity contribution < 1.29 is 9.59 Å². The molecule has 0 bridgehead atoms. The summed E-state index contributed by atoms with van der Waals surface area (Å²) in [5.41, 5.74) is 7.16. The van der Waals surface area contributed by atoms with E-state index in [0.717, 1.165) is 12.0 Å². The second kappa shape index (κ2) is 7.10. The maximum Gasteiger partial charge on any atom is 0.241 e. The highest BCUT2D eigenvalue weighted by molar-refractivity contribution is 5.83. The molecule has 0 aliphatic carbocycles. The van der Waals surface area contributed by atoms with Crippen LogP contribution in [-0.2, 0) is 16.0 Å². The van der Waals surface area contributed by atoms with Crippen molar-refractivity contribution in [1.82, 2.24) is 20.7 Å². The summed E-state index contributed by atoms with van der Waals surface area (Å²) in [5, 5.41) is 0. The van der Waals surface area contributed by atoms with Crippen molar-refractivity contribution in [2.45, 2.75) is 31.8 Å². The Morgan fingerprint density at radius 3 is 2.30 bits per heavy atom. The van der Waals surface area contributed by atoms with Crippen LogP contribution in [-0.4, -0.2) is 59.9 Å². The molecule has 2 heterocycles. The van der Waals surface area contributed by atoms with E-state index in [9.17, 15) is 9.59 Å². The fraction of sp³-hybridized carbons (Fsp3) is 0.529. The van der Waals surface area contributed by atoms with Crippen molar-refractivity contribution in [3.05, 3.63) is 35.9 Å². The van der Waals surface area contributed by atoms with Crippen LogP contribution in [0.3, 0.4) is 0 Å². The minimum atomic E-state index is -0.142. The van der Waals surface area contributed by atoms with Gasteiger partial charge in [-0.3, -0.25) is 15.0 Å². The fourth-order valence-corrected chi connectivity index (χ4v) is 3.16. The van der Waals surface area contributed by atoms with E-state index in [1.165, 1.54) is 0 Å². The Hall–Kier alpha value is -1.92. The van der Waals surface area contributed by atoms with E-state index in [4.69, 9.17) is 0 Å². The Labute approximate surface area is 136 Å². The van der Waals surface area contributed by atoms with Gasteiger partial charge in [0, 0.05) is 32.2 Å². The fourth-order valence-electron chi connectivity index (χ4n) is 3.16. The zero-order chi connectivity index (χ0) is 16.2. The van der Waals surface area contributed by atoms with E-state index in [1.807, 2.05) is 40.1 Å². The van der Waals surface area contributed by atoms with Crippen LogP contribution in [0.4, 0.5) is 0 Å². The number of nitrogens with one attached hydrogen (secondary N) is 2. The summed E-state index contributed by atoms with van der Waals surface area (Å²) < 4.78 is 0. The summed E-state index contributed by atoms with van der Waals surface area (Å²) >= 11 is 0. The standard InChI is InChI=1S/C17H24N4O2/c1-13-11-15(19-18-13)17(23)21-9-7-20(8-10-21)16(22)12-14-5-3-2-4-6-14/h2-6,13,15,18-19H,7-12H2,1H3. The molecule has 2 fully saturated rings. The normalized spacial score (nSPS) is 24.7. The maximum atomic E-state index is 12.4. The molecule has 0 aromatic heterocycles. The first kappa shape index (κ1) is 16.0. The van der Waals surface area contributed by atoms with Gasteiger partial charge in [0.1, 0.15) is 6.04 Å². The molecule has 2 aliphatic heterocycles. The molecular formula is C17H24N4O2. The third-order valence-corrected chi connectivity index (χ3v) is 4.53. The molecule has 2 N–H and O–H groups in total. The van der Waals surface area contributed by atoms with Gasteiger partial charge in [0.15, 0.2) is 0 Å². The Morgan fingerprint density at radius 1 is 1.04 bits per heavy atom. The number of benzene rings is 1. The van der Waals surface area contributed by atoms with Crippen LogP contribution < -0.4 is 10.9 Å². The minimum absolute atomic E-state index is 0.136. The maximum absolute atomic E-state index is 12.4. The van der Waals surface area contributed by atoms with Gasteiger partial charge < -0.3 is 9.80 Å². The molecule has 2 unspecified atom stereocenters. The lowest BCUT2D eigenvalue weighted by molar-refractivity contribution is -0.140. The zero-order valence-corrected chi connectivity index (χ0v) is 13.5. The van der Waals surface area contributed by atoms with Gasteiger partial charge in [-0.05, 0) is 18.9 Å². The van der Waals surface area contributed by atoms with Crippen molar-refractivity contribution in [3.63, 3.8) is 0 Å². The van der Waals surface area contributed by atoms with Crippen LogP contribution >= 0.6 is 0 Å². The van der Waals surface area contributed by atoms with Gasteiger partial charge in [-0.1, -0.05) is 30.3 Å². The SMILES string of the molecule is CC1CC(C(=O)N2CCN(C(=O)Cc3ccccc3)CC2)NN1. The molecule has 2 saturated heterocycles. The molecule has 1 aromatic carbocycles. The minimum Gasteiger partial charge on any atom is -0.339 e. The highest BCUT2D eigenvalue weighted by Gasteiger charge is 2.32. The lowest BCUT2D eigenvalue weighted by Crippen LogP contribution is -2.54. The number of nitrogens with zero attached hydrogens (tertiary/aromatic N) is 2. The molecule has 0 radical (unpaired) electrons. The van der Waals surface area contributed by atoms with Gasteiger partial charge in [0.2, 0.25) is 11.8 Å². The van der Waals surface area contributed by atoms with Crippen molar-refractivity contribution in [1.29, 1.82) is 0 Å². The lowest BCUT2D eigenvalue weighted by atomic mass is 10.1. The molecule has 3 rings (SSSR count). The van der Waals surface area contributed by atoms with Gasteiger partial charge >= 0.3 is 0 Å². The van der Waals surface area contributed by atoms with Crippen LogP contribution in [0.1, 0.15) is 18.9 Å². The summed E-state index contributed by atoms with van der Waals surface area (Å²) in [6, 6.07) is 9.96. The molecule has 0 saturated carbocycles. The number of carbonyl (C=O) groups excluding carboxylic acids is 2. The highest BCUT2D eigenvalue weighted by Crippen LogP contribution is 2.11. The monoisotopic (exact) mass is 316 g/mol. The van der Waals surface area contributed by atoms with E-state index in [-0.39, 0.29) is 17.9 Å². The van der Waals surface area contributed by atoms with Crippen LogP contribution in [0.25, 0.3) is 0 Å². The van der Waals surface area contributed by atoms with E-state index in [2.05, 4.69) is 17.8 Å². The molecule has 124 valence electrons. The predicted octanol–water partition coefficient (Wildman–Crippen LogP) is 0.155. The molecule has 1 aromatic rings. The number of hydrazine groups is 1. The molecule has 2 amide bonds. The topological polar surface area (TPSA) is 64.7 Å². The lowest BCUT2D eigenvalue weighted by Gasteiger charge is -2.36. The summed E-state index contributed by atoms with van der Waals surface area (Å²) in [6.07, 6.45) is 1.24. The number of hydrogen-bond donors (Lipinski definition) is 2. The van der Waals surface area contributed by atoms with Crippen LogP contribution in [0.5, 0.6) is 0 Å². The average molecular weight is 316 g/mol. The number of rotatable bonds is 3. The highest BCUT2D eigenvalue weighted by atomic mass is 16.2. The van der Waals surface area contributed by atoms with Gasteiger partial charge in [-0.15, -0.1) is 0 Å². The first-order valence-electron chi connectivity index (χ1n) is 8.25. The Balaban J connectivity index is 1.48. The van der Waals surface area contributed by atoms with Gasteiger partial charge in [-0.2, -0.15) is 0 Å². The summed E-state index contributed by atoms with van der Waals surface area (Å²) in [4.78, 5) is 28.5. The summed E-state index contributed by atoms with van der Waals surface area (Å²) in [6.45, 7) is 4.53. The quantitative estimate of drug-likeness (QED) is 0.833. The van der Waals surface area contributed by atoms with Crippen molar-refractivity contribution in [2.75, 3.05) is 26.2 Å². The number of hydrogen-bond acceptors (Lipinski definition) is 4. The summed E-state index contributed by atoms with van der Waals surface area (Å²) in [7, 11) is 0. The third kappa shape index (κ3) is 3.89. The van der Waals surface area contributed by atoms with Gasteiger partial charge in [0.25, 0.3) is 0 Å². The van der Waals surface area contributed by atoms with Crippen LogP contribution in [0.15, 0.2) is 30.3 Å². The number of carbonyl (C=O) groups is 2. The van der Waals surface area contributed by atoms with Crippen molar-refractivity contribution in [2.24, 2.45) is 0 Å². The van der Waals surface area contributed by atoms with E-state index in [1.54, 1.807) is 0 Å². The van der Waals surface area contributed by atoms with E-state index in [0.29, 0.717) is 38.6 Å². The molecular weight excluding hydrogens is 292 g/mol. The average Bonchev–Trinajstić information content (AvgIpc) is 3.02. The molecule has 2 atom stereocenters. The Kier molecular flexibility index (Phi) is 4.93.